The van der Waals surface area contributed by atoms with Gasteiger partial charge >= 0.3 is 0 Å². The summed E-state index contributed by atoms with van der Waals surface area (Å²) in [4.78, 5) is 17.0. The molecule has 2 fully saturated rings. The third-order valence-electron chi connectivity index (χ3n) is 4.79. The van der Waals surface area contributed by atoms with Crippen LogP contribution in [0.1, 0.15) is 30.1 Å². The monoisotopic (exact) mass is 366 g/mol. The zero-order valence-corrected chi connectivity index (χ0v) is 15.2. The standard InChI is InChI=1S/C17H25N3O4S/c1-13-11-19(12-16-3-2-10-24-16)8-9-20(13)17(21)14-4-6-15(7-5-14)18-25(22)23/h4-7,13,16,18H,2-3,8-12H2,1H3,(H,22,23)/p-1/t13-,16?/m0/s1. The first-order chi connectivity index (χ1) is 12.0. The van der Waals surface area contributed by atoms with Crippen molar-refractivity contribution in [1.82, 2.24) is 9.80 Å². The maximum Gasteiger partial charge on any atom is 0.254 e. The summed E-state index contributed by atoms with van der Waals surface area (Å²) in [6.45, 7) is 6.26. The van der Waals surface area contributed by atoms with Crippen molar-refractivity contribution in [3.8, 4) is 0 Å². The lowest BCUT2D eigenvalue weighted by atomic mass is 10.1. The molecule has 7 nitrogen and oxygen atoms in total. The highest BCUT2D eigenvalue weighted by molar-refractivity contribution is 7.80. The van der Waals surface area contributed by atoms with Gasteiger partial charge in [-0.1, -0.05) is 0 Å². The summed E-state index contributed by atoms with van der Waals surface area (Å²) >= 11 is -2.36. The van der Waals surface area contributed by atoms with E-state index in [-0.39, 0.29) is 11.9 Å². The molecule has 0 aliphatic carbocycles. The number of carbonyl (C=O) groups excluding carboxylic acids is 1. The van der Waals surface area contributed by atoms with Crippen LogP contribution in [0.5, 0.6) is 0 Å². The smallest absolute Gasteiger partial charge is 0.254 e. The average molecular weight is 366 g/mol. The van der Waals surface area contributed by atoms with Crippen molar-refractivity contribution in [1.29, 1.82) is 0 Å². The Morgan fingerprint density at radius 2 is 2.12 bits per heavy atom. The highest BCUT2D eigenvalue weighted by atomic mass is 32.2. The van der Waals surface area contributed by atoms with Crippen LogP contribution in [-0.2, 0) is 16.0 Å². The van der Waals surface area contributed by atoms with Gasteiger partial charge in [0, 0.05) is 61.3 Å². The van der Waals surface area contributed by atoms with Crippen molar-refractivity contribution in [2.75, 3.05) is 37.5 Å². The van der Waals surface area contributed by atoms with Gasteiger partial charge in [0.2, 0.25) is 0 Å². The molecule has 2 aliphatic rings. The minimum Gasteiger partial charge on any atom is -0.755 e. The van der Waals surface area contributed by atoms with Gasteiger partial charge in [-0.2, -0.15) is 0 Å². The SMILES string of the molecule is C[C@H]1CN(CC2CCCO2)CCN1C(=O)c1ccc(NS(=O)[O-])cc1. The predicted octanol–water partition coefficient (Wildman–Crippen LogP) is 1.22. The topological polar surface area (TPSA) is 84.9 Å². The molecule has 0 aromatic heterocycles. The predicted molar refractivity (Wildman–Crippen MR) is 94.9 cm³/mol. The number of hydrogen-bond donors (Lipinski definition) is 1. The van der Waals surface area contributed by atoms with E-state index in [1.165, 1.54) is 0 Å². The molecule has 3 rings (SSSR count). The number of nitrogens with zero attached hydrogens (tertiary/aromatic N) is 2. The van der Waals surface area contributed by atoms with Crippen molar-refractivity contribution in [3.63, 3.8) is 0 Å². The van der Waals surface area contributed by atoms with Gasteiger partial charge in [-0.05, 0) is 44.0 Å². The molecule has 1 aromatic carbocycles. The van der Waals surface area contributed by atoms with Crippen molar-refractivity contribution in [2.24, 2.45) is 0 Å². The van der Waals surface area contributed by atoms with Crippen LogP contribution in [0.25, 0.3) is 0 Å². The fraction of sp³-hybridized carbons (Fsp3) is 0.588. The van der Waals surface area contributed by atoms with Gasteiger partial charge in [0.1, 0.15) is 0 Å². The molecule has 1 N–H and O–H groups in total. The molecule has 0 bridgehead atoms. The lowest BCUT2D eigenvalue weighted by molar-refractivity contribution is 0.0279. The van der Waals surface area contributed by atoms with Crippen molar-refractivity contribution in [3.05, 3.63) is 29.8 Å². The molecule has 0 radical (unpaired) electrons. The Balaban J connectivity index is 1.56. The van der Waals surface area contributed by atoms with E-state index in [0.717, 1.165) is 39.1 Å². The summed E-state index contributed by atoms with van der Waals surface area (Å²) in [6.07, 6.45) is 2.60. The van der Waals surface area contributed by atoms with Crippen LogP contribution in [0, 0.1) is 0 Å². The first-order valence-corrected chi connectivity index (χ1v) is 9.71. The number of carbonyl (C=O) groups is 1. The zero-order valence-electron chi connectivity index (χ0n) is 14.3. The van der Waals surface area contributed by atoms with Gasteiger partial charge in [-0.25, -0.2) is 0 Å². The minimum atomic E-state index is -2.36. The van der Waals surface area contributed by atoms with E-state index in [4.69, 9.17) is 4.74 Å². The van der Waals surface area contributed by atoms with Gasteiger partial charge in [0.15, 0.2) is 0 Å². The molecule has 0 spiro atoms. The van der Waals surface area contributed by atoms with E-state index in [1.54, 1.807) is 24.3 Å². The third-order valence-corrected chi connectivity index (χ3v) is 5.19. The van der Waals surface area contributed by atoms with Crippen LogP contribution in [-0.4, -0.2) is 69.4 Å². The number of piperazine rings is 1. The second kappa shape index (κ2) is 8.27. The molecule has 1 amide bonds. The molecular formula is C17H24N3O4S-. The molecule has 8 heteroatoms. The Kier molecular flexibility index (Phi) is 6.06. The number of amides is 1. The van der Waals surface area contributed by atoms with Crippen molar-refractivity contribution < 1.29 is 18.3 Å². The Morgan fingerprint density at radius 3 is 2.72 bits per heavy atom. The average Bonchev–Trinajstić information content (AvgIpc) is 3.07. The van der Waals surface area contributed by atoms with E-state index >= 15 is 0 Å². The highest BCUT2D eigenvalue weighted by Gasteiger charge is 2.29. The summed E-state index contributed by atoms with van der Waals surface area (Å²) in [5.74, 6) is -0.0148. The van der Waals surface area contributed by atoms with Gasteiger partial charge in [-0.15, -0.1) is 0 Å². The van der Waals surface area contributed by atoms with E-state index < -0.39 is 11.3 Å². The Morgan fingerprint density at radius 1 is 1.36 bits per heavy atom. The number of ether oxygens (including phenoxy) is 1. The molecule has 2 aliphatic heterocycles. The fourth-order valence-corrected chi connectivity index (χ4v) is 3.85. The Bertz CT molecular complexity index is 619. The quantitative estimate of drug-likeness (QED) is 0.792. The summed E-state index contributed by atoms with van der Waals surface area (Å²) in [5.41, 5.74) is 1.01. The van der Waals surface area contributed by atoms with E-state index in [9.17, 15) is 13.6 Å². The molecule has 2 saturated heterocycles. The van der Waals surface area contributed by atoms with E-state index in [1.807, 2.05) is 4.90 Å². The second-order valence-electron chi connectivity index (χ2n) is 6.66. The number of hydrogen-bond acceptors (Lipinski definition) is 5. The minimum absolute atomic E-state index is 0.0148. The molecule has 25 heavy (non-hydrogen) atoms. The number of benzene rings is 1. The van der Waals surface area contributed by atoms with Crippen LogP contribution in [0.3, 0.4) is 0 Å². The maximum absolute atomic E-state index is 12.7. The van der Waals surface area contributed by atoms with E-state index in [0.29, 0.717) is 23.9 Å². The fourth-order valence-electron chi connectivity index (χ4n) is 3.52. The molecule has 2 unspecified atom stereocenters. The van der Waals surface area contributed by atoms with Gasteiger partial charge in [-0.3, -0.25) is 13.9 Å². The van der Waals surface area contributed by atoms with Crippen LogP contribution in [0.4, 0.5) is 5.69 Å². The summed E-state index contributed by atoms with van der Waals surface area (Å²) < 4.78 is 29.2. The normalized spacial score (nSPS) is 25.8. The molecule has 0 saturated carbocycles. The summed E-state index contributed by atoms with van der Waals surface area (Å²) in [6, 6.07) is 6.64. The van der Waals surface area contributed by atoms with Crippen LogP contribution >= 0.6 is 0 Å². The van der Waals surface area contributed by atoms with Gasteiger partial charge in [0.25, 0.3) is 5.91 Å². The number of anilines is 1. The lowest BCUT2D eigenvalue weighted by Gasteiger charge is -2.40. The van der Waals surface area contributed by atoms with Crippen molar-refractivity contribution >= 4 is 22.9 Å². The molecule has 2 heterocycles. The molecule has 3 atom stereocenters. The highest BCUT2D eigenvalue weighted by Crippen LogP contribution is 2.19. The summed E-state index contributed by atoms with van der Waals surface area (Å²) in [5, 5.41) is 0. The van der Waals surface area contributed by atoms with Crippen molar-refractivity contribution in [2.45, 2.75) is 31.9 Å². The molecule has 1 aromatic rings. The second-order valence-corrected chi connectivity index (χ2v) is 7.33. The maximum atomic E-state index is 12.7. The van der Waals surface area contributed by atoms with Crippen LogP contribution in [0.15, 0.2) is 24.3 Å². The van der Waals surface area contributed by atoms with Gasteiger partial charge in [0.05, 0.1) is 6.10 Å². The first-order valence-electron chi connectivity index (χ1n) is 8.64. The lowest BCUT2D eigenvalue weighted by Crippen LogP contribution is -2.55. The largest absolute Gasteiger partial charge is 0.755 e. The Labute approximate surface area is 150 Å². The number of rotatable bonds is 5. The summed E-state index contributed by atoms with van der Waals surface area (Å²) in [7, 11) is 0. The van der Waals surface area contributed by atoms with Crippen LogP contribution < -0.4 is 4.72 Å². The third kappa shape index (κ3) is 4.78. The van der Waals surface area contributed by atoms with E-state index in [2.05, 4.69) is 16.5 Å². The Hall–Kier alpha value is -1.48. The zero-order chi connectivity index (χ0) is 17.8. The van der Waals surface area contributed by atoms with Gasteiger partial charge < -0.3 is 18.9 Å². The molecule has 138 valence electrons. The first kappa shape index (κ1) is 18.3. The number of nitrogens with one attached hydrogen (secondary N) is 1. The van der Waals surface area contributed by atoms with Crippen LogP contribution in [0.2, 0.25) is 0 Å². The molecular weight excluding hydrogens is 342 g/mol.